The van der Waals surface area contributed by atoms with Crippen LogP contribution in [0.4, 0.5) is 0 Å². The van der Waals surface area contributed by atoms with Crippen LogP contribution < -0.4 is 10.6 Å². The molecule has 1 saturated carbocycles. The molecule has 2 bridgehead atoms. The zero-order valence-electron chi connectivity index (χ0n) is 17.6. The van der Waals surface area contributed by atoms with E-state index >= 15 is 0 Å². The topological polar surface area (TPSA) is 41.1 Å². The molecule has 0 aliphatic heterocycles. The minimum Gasteiger partial charge on any atom is -0.352 e. The predicted molar refractivity (Wildman–Crippen MR) is 123 cm³/mol. The molecular formula is C28H28N2O. The molecule has 4 aliphatic rings. The normalized spacial score (nSPS) is 24.2. The minimum absolute atomic E-state index is 0.107. The minimum atomic E-state index is -0.298. The van der Waals surface area contributed by atoms with E-state index in [1.165, 1.54) is 22.3 Å². The molecule has 3 heteroatoms. The highest BCUT2D eigenvalue weighted by atomic mass is 16.2. The van der Waals surface area contributed by atoms with Crippen molar-refractivity contribution in [3.63, 3.8) is 0 Å². The lowest BCUT2D eigenvalue weighted by molar-refractivity contribution is -0.123. The fourth-order valence-electron chi connectivity index (χ4n) is 5.75. The third-order valence-electron chi connectivity index (χ3n) is 7.33. The summed E-state index contributed by atoms with van der Waals surface area (Å²) in [6, 6.07) is 28.1. The average molecular weight is 409 g/mol. The molecule has 2 atom stereocenters. The summed E-state index contributed by atoms with van der Waals surface area (Å²) in [5.74, 6) is 1.44. The average Bonchev–Trinajstić information content (AvgIpc) is 3.64. The van der Waals surface area contributed by atoms with E-state index in [1.807, 2.05) is 18.2 Å². The molecule has 31 heavy (non-hydrogen) atoms. The highest BCUT2D eigenvalue weighted by molar-refractivity contribution is 5.83. The third-order valence-corrected chi connectivity index (χ3v) is 7.33. The van der Waals surface area contributed by atoms with Gasteiger partial charge in [-0.25, -0.2) is 0 Å². The zero-order valence-corrected chi connectivity index (χ0v) is 17.6. The summed E-state index contributed by atoms with van der Waals surface area (Å²) in [4.78, 5) is 13.0. The molecule has 0 aromatic heterocycles. The highest BCUT2D eigenvalue weighted by Crippen LogP contribution is 2.55. The van der Waals surface area contributed by atoms with Crippen molar-refractivity contribution in [2.24, 2.45) is 5.92 Å². The summed E-state index contributed by atoms with van der Waals surface area (Å²) in [5.41, 5.74) is 6.98. The Balaban J connectivity index is 1.28. The fraction of sp³-hybridized carbons (Fsp3) is 0.321. The summed E-state index contributed by atoms with van der Waals surface area (Å²) in [7, 11) is 0. The van der Waals surface area contributed by atoms with Crippen molar-refractivity contribution in [1.29, 1.82) is 0 Å². The molecule has 1 fully saturated rings. The Kier molecular flexibility index (Phi) is 4.65. The Labute approximate surface area is 183 Å². The summed E-state index contributed by atoms with van der Waals surface area (Å²) >= 11 is 0. The molecule has 3 nitrogen and oxygen atoms in total. The number of carbonyl (C=O) groups excluding carboxylic acids is 1. The molecule has 7 rings (SSSR count). The van der Waals surface area contributed by atoms with Crippen LogP contribution in [0.15, 0.2) is 78.9 Å². The number of nitrogens with one attached hydrogen (secondary N) is 2. The molecular weight excluding hydrogens is 380 g/mol. The molecule has 4 aliphatic carbocycles. The summed E-state index contributed by atoms with van der Waals surface area (Å²) < 4.78 is 0. The second-order valence-corrected chi connectivity index (χ2v) is 9.32. The van der Waals surface area contributed by atoms with Gasteiger partial charge in [0.05, 0.1) is 0 Å². The maximum atomic E-state index is 13.0. The van der Waals surface area contributed by atoms with Gasteiger partial charge in [-0.2, -0.15) is 0 Å². The molecule has 0 radical (unpaired) electrons. The number of amides is 1. The van der Waals surface area contributed by atoms with Crippen molar-refractivity contribution < 1.29 is 4.79 Å². The van der Waals surface area contributed by atoms with Crippen LogP contribution in [0.3, 0.4) is 0 Å². The first-order chi connectivity index (χ1) is 15.3. The van der Waals surface area contributed by atoms with Crippen LogP contribution in [0.5, 0.6) is 0 Å². The molecule has 0 saturated heterocycles. The van der Waals surface area contributed by atoms with Gasteiger partial charge in [-0.3, -0.25) is 4.79 Å². The van der Waals surface area contributed by atoms with Crippen molar-refractivity contribution in [1.82, 2.24) is 10.6 Å². The van der Waals surface area contributed by atoms with E-state index in [1.54, 1.807) is 0 Å². The number of carbonyl (C=O) groups is 1. The zero-order chi connectivity index (χ0) is 20.8. The lowest BCUT2D eigenvalue weighted by Crippen LogP contribution is -2.43. The van der Waals surface area contributed by atoms with Crippen LogP contribution in [-0.4, -0.2) is 18.5 Å². The Morgan fingerprint density at radius 2 is 1.39 bits per heavy atom. The van der Waals surface area contributed by atoms with Crippen molar-refractivity contribution in [3.8, 4) is 0 Å². The van der Waals surface area contributed by atoms with Crippen molar-refractivity contribution in [2.75, 3.05) is 6.54 Å². The van der Waals surface area contributed by atoms with E-state index in [0.717, 1.165) is 31.4 Å². The van der Waals surface area contributed by atoms with E-state index in [-0.39, 0.29) is 11.9 Å². The van der Waals surface area contributed by atoms with Gasteiger partial charge in [0, 0.05) is 17.9 Å². The first-order valence-corrected chi connectivity index (χ1v) is 11.6. The standard InChI is InChI=1S/C28H28N2O/c31-28(30-20-14-15-20)27(18-8-2-1-3-9-18)29-17-19-16-25-21-10-4-6-12-23(21)26(19)24-13-7-5-11-22(24)25/h1-13,19-20,25-27,29H,14-17H2,(H,30,31)/t19-,25?,26?,27+/m1/s1. The van der Waals surface area contributed by atoms with E-state index in [2.05, 4.69) is 71.3 Å². The van der Waals surface area contributed by atoms with Gasteiger partial charge in [0.2, 0.25) is 5.91 Å². The fourth-order valence-corrected chi connectivity index (χ4v) is 5.75. The largest absolute Gasteiger partial charge is 0.352 e. The summed E-state index contributed by atoms with van der Waals surface area (Å²) in [6.45, 7) is 0.835. The van der Waals surface area contributed by atoms with E-state index in [4.69, 9.17) is 0 Å². The number of benzene rings is 3. The van der Waals surface area contributed by atoms with Gasteiger partial charge in [0.25, 0.3) is 0 Å². The highest BCUT2D eigenvalue weighted by Gasteiger charge is 2.43. The van der Waals surface area contributed by atoms with Gasteiger partial charge in [-0.15, -0.1) is 0 Å². The second-order valence-electron chi connectivity index (χ2n) is 9.32. The first-order valence-electron chi connectivity index (χ1n) is 11.6. The maximum absolute atomic E-state index is 13.0. The van der Waals surface area contributed by atoms with Gasteiger partial charge in [-0.05, 0) is 59.5 Å². The molecule has 0 heterocycles. The Hall–Kier alpha value is -2.91. The van der Waals surface area contributed by atoms with E-state index in [0.29, 0.717) is 23.8 Å². The third kappa shape index (κ3) is 3.37. The van der Waals surface area contributed by atoms with E-state index in [9.17, 15) is 4.79 Å². The Morgan fingerprint density at radius 3 is 2.00 bits per heavy atom. The predicted octanol–water partition coefficient (Wildman–Crippen LogP) is 4.89. The quantitative estimate of drug-likeness (QED) is 0.610. The molecule has 0 spiro atoms. The molecule has 3 aromatic rings. The van der Waals surface area contributed by atoms with Gasteiger partial charge < -0.3 is 10.6 Å². The summed E-state index contributed by atoms with van der Waals surface area (Å²) in [6.07, 6.45) is 3.35. The molecule has 0 unspecified atom stereocenters. The summed E-state index contributed by atoms with van der Waals surface area (Å²) in [5, 5.41) is 6.88. The van der Waals surface area contributed by atoms with Crippen LogP contribution in [0.1, 0.15) is 65.0 Å². The molecule has 1 amide bonds. The Bertz CT molecular complexity index is 1060. The number of rotatable bonds is 6. The smallest absolute Gasteiger partial charge is 0.241 e. The van der Waals surface area contributed by atoms with Crippen LogP contribution in [0.25, 0.3) is 0 Å². The molecule has 3 aromatic carbocycles. The van der Waals surface area contributed by atoms with Crippen LogP contribution in [0.2, 0.25) is 0 Å². The van der Waals surface area contributed by atoms with Gasteiger partial charge >= 0.3 is 0 Å². The SMILES string of the molecule is O=C(NC1CC1)[C@@H](NC[C@H]1CC2c3ccccc3C1c1ccccc12)c1ccccc1. The number of hydrogen-bond donors (Lipinski definition) is 2. The van der Waals surface area contributed by atoms with Crippen molar-refractivity contribution in [3.05, 3.63) is 107 Å². The lowest BCUT2D eigenvalue weighted by Gasteiger charge is -2.46. The maximum Gasteiger partial charge on any atom is 0.241 e. The lowest BCUT2D eigenvalue weighted by atomic mass is 9.59. The monoisotopic (exact) mass is 408 g/mol. The molecule has 156 valence electrons. The van der Waals surface area contributed by atoms with Gasteiger partial charge in [0.15, 0.2) is 0 Å². The van der Waals surface area contributed by atoms with Gasteiger partial charge in [-0.1, -0.05) is 78.9 Å². The second kappa shape index (κ2) is 7.65. The van der Waals surface area contributed by atoms with Crippen LogP contribution in [0, 0.1) is 5.92 Å². The van der Waals surface area contributed by atoms with Crippen molar-refractivity contribution in [2.45, 2.75) is 43.2 Å². The van der Waals surface area contributed by atoms with Crippen LogP contribution in [-0.2, 0) is 4.79 Å². The number of fused-ring (bicyclic) bond motifs is 1. The van der Waals surface area contributed by atoms with Crippen molar-refractivity contribution >= 4 is 5.91 Å². The number of hydrogen-bond acceptors (Lipinski definition) is 2. The molecule has 2 N–H and O–H groups in total. The van der Waals surface area contributed by atoms with E-state index < -0.39 is 0 Å². The Morgan fingerprint density at radius 1 is 0.806 bits per heavy atom. The van der Waals surface area contributed by atoms with Gasteiger partial charge in [0.1, 0.15) is 6.04 Å². The van der Waals surface area contributed by atoms with Crippen LogP contribution >= 0.6 is 0 Å². The first kappa shape index (κ1) is 18.8.